The summed E-state index contributed by atoms with van der Waals surface area (Å²) in [4.78, 5) is 38.1. The lowest BCUT2D eigenvalue weighted by Gasteiger charge is -2.22. The van der Waals surface area contributed by atoms with Crippen LogP contribution in [0.4, 0.5) is 4.39 Å². The van der Waals surface area contributed by atoms with Gasteiger partial charge in [0.25, 0.3) is 0 Å². The Morgan fingerprint density at radius 1 is 1.06 bits per heavy atom. The van der Waals surface area contributed by atoms with Crippen LogP contribution in [0, 0.1) is 5.82 Å². The lowest BCUT2D eigenvalue weighted by molar-refractivity contribution is -0.139. The normalized spacial score (nSPS) is 13.2. The molecule has 0 fully saturated rings. The Bertz CT molecular complexity index is 1330. The van der Waals surface area contributed by atoms with E-state index in [9.17, 15) is 23.4 Å². The zero-order valence-electron chi connectivity index (χ0n) is 20.4. The fraction of sp³-hybridized carbons (Fsp3) is 0.250. The molecule has 0 saturated carbocycles. The molecule has 0 aliphatic heterocycles. The molecule has 0 amide bonds. The molecule has 1 heterocycles. The van der Waals surface area contributed by atoms with Gasteiger partial charge in [-0.15, -0.1) is 0 Å². The number of Topliss-reactive ketones (excluding diaryl/α,β-unsaturated/α-hetero) is 1. The Labute approximate surface area is 210 Å². The number of benzene rings is 2. The van der Waals surface area contributed by atoms with E-state index in [1.54, 1.807) is 12.1 Å². The number of carbonyl (C=O) groups is 2. The van der Waals surface area contributed by atoms with E-state index < -0.39 is 31.7 Å². The number of ketones is 1. The summed E-state index contributed by atoms with van der Waals surface area (Å²) in [6, 6.07) is 15.7. The van der Waals surface area contributed by atoms with Gasteiger partial charge in [-0.05, 0) is 47.2 Å². The molecule has 188 valence electrons. The van der Waals surface area contributed by atoms with Crippen LogP contribution in [0.5, 0.6) is 0 Å². The minimum absolute atomic E-state index is 0.0658. The van der Waals surface area contributed by atoms with E-state index in [-0.39, 0.29) is 11.7 Å². The van der Waals surface area contributed by atoms with E-state index in [2.05, 4.69) is 0 Å². The van der Waals surface area contributed by atoms with E-state index in [1.807, 2.05) is 51.1 Å². The molecule has 0 aliphatic carbocycles. The molecule has 1 unspecified atom stereocenters. The topological polar surface area (TPSA) is 105 Å². The summed E-state index contributed by atoms with van der Waals surface area (Å²) in [6.07, 6.45) is 0.499. The lowest BCUT2D eigenvalue weighted by Crippen LogP contribution is -2.10. The van der Waals surface area contributed by atoms with Gasteiger partial charge >= 0.3 is 5.97 Å². The number of carboxylic acid groups (broad SMARTS) is 1. The Balaban J connectivity index is 2.27. The van der Waals surface area contributed by atoms with Gasteiger partial charge in [-0.3, -0.25) is 19.1 Å². The van der Waals surface area contributed by atoms with Crippen molar-refractivity contribution in [1.82, 2.24) is 4.98 Å². The summed E-state index contributed by atoms with van der Waals surface area (Å²) < 4.78 is 26.6. The van der Waals surface area contributed by atoms with E-state index >= 15 is 0 Å². The number of halogens is 1. The molecule has 0 radical (unpaired) electrons. The van der Waals surface area contributed by atoms with Gasteiger partial charge in [0.2, 0.25) is 7.37 Å². The average molecular weight is 510 g/mol. The fourth-order valence-electron chi connectivity index (χ4n) is 4.11. The molecule has 3 rings (SSSR count). The highest BCUT2D eigenvalue weighted by atomic mass is 31.2. The van der Waals surface area contributed by atoms with Crippen molar-refractivity contribution in [3.63, 3.8) is 0 Å². The van der Waals surface area contributed by atoms with Crippen molar-refractivity contribution in [2.45, 2.75) is 39.5 Å². The largest absolute Gasteiger partial charge is 0.481 e. The Kier molecular flexibility index (Phi) is 8.72. The third-order valence-corrected chi connectivity index (χ3v) is 7.09. The standard InChI is InChI=1S/C28H29FNO5P/c1-4-23-26(19-10-12-21(29)13-11-19)24(14-15-36(34,35)17-22(31)16-25(32)33)27(18(2)3)30-28(23)20-8-6-5-7-9-20/h5-15,18H,4,16-17H2,1-3H3,(H,32,33)(H,34,35). The highest BCUT2D eigenvalue weighted by molar-refractivity contribution is 7.62. The van der Waals surface area contributed by atoms with E-state index in [0.717, 1.165) is 33.8 Å². The highest BCUT2D eigenvalue weighted by Gasteiger charge is 2.24. The van der Waals surface area contributed by atoms with Gasteiger partial charge < -0.3 is 10.00 Å². The Morgan fingerprint density at radius 3 is 2.25 bits per heavy atom. The molecular weight excluding hydrogens is 480 g/mol. The SMILES string of the molecule is CCc1c(-c2ccccc2)nc(C(C)C)c(C=CP(=O)(O)CC(=O)CC(=O)O)c1-c1ccc(F)cc1. The van der Waals surface area contributed by atoms with Gasteiger partial charge in [0, 0.05) is 16.9 Å². The van der Waals surface area contributed by atoms with Crippen molar-refractivity contribution in [3.05, 3.63) is 83.1 Å². The maximum Gasteiger partial charge on any atom is 0.310 e. The van der Waals surface area contributed by atoms with Crippen LogP contribution in [0.3, 0.4) is 0 Å². The maximum atomic E-state index is 13.8. The number of aromatic nitrogens is 1. The zero-order valence-corrected chi connectivity index (χ0v) is 21.3. The maximum absolute atomic E-state index is 13.8. The summed E-state index contributed by atoms with van der Waals surface area (Å²) in [6.45, 7) is 5.91. The van der Waals surface area contributed by atoms with Crippen LogP contribution >= 0.6 is 7.37 Å². The van der Waals surface area contributed by atoms with Crippen molar-refractivity contribution in [2.75, 3.05) is 6.16 Å². The first kappa shape index (κ1) is 27.2. The number of carbonyl (C=O) groups excluding carboxylic acids is 1. The highest BCUT2D eigenvalue weighted by Crippen LogP contribution is 2.45. The molecule has 1 aromatic heterocycles. The molecule has 2 aromatic carbocycles. The minimum Gasteiger partial charge on any atom is -0.481 e. The van der Waals surface area contributed by atoms with Crippen LogP contribution in [0.1, 0.15) is 49.9 Å². The molecule has 1 atom stereocenters. The number of aliphatic carboxylic acids is 1. The molecular formula is C28H29FNO5P. The van der Waals surface area contributed by atoms with Crippen LogP contribution in [-0.2, 0) is 20.6 Å². The van der Waals surface area contributed by atoms with Crippen molar-refractivity contribution in [1.29, 1.82) is 0 Å². The van der Waals surface area contributed by atoms with E-state index in [4.69, 9.17) is 10.1 Å². The Morgan fingerprint density at radius 2 is 1.69 bits per heavy atom. The van der Waals surface area contributed by atoms with Gasteiger partial charge in [-0.1, -0.05) is 63.2 Å². The van der Waals surface area contributed by atoms with Gasteiger partial charge in [-0.2, -0.15) is 0 Å². The summed E-state index contributed by atoms with van der Waals surface area (Å²) >= 11 is 0. The second-order valence-electron chi connectivity index (χ2n) is 8.83. The molecule has 0 aliphatic rings. The number of rotatable bonds is 10. The van der Waals surface area contributed by atoms with Crippen LogP contribution in [-0.4, -0.2) is 32.9 Å². The molecule has 36 heavy (non-hydrogen) atoms. The molecule has 3 aromatic rings. The monoisotopic (exact) mass is 509 g/mol. The van der Waals surface area contributed by atoms with Crippen LogP contribution in [0.25, 0.3) is 28.5 Å². The molecule has 0 bridgehead atoms. The van der Waals surface area contributed by atoms with Gasteiger partial charge in [-0.25, -0.2) is 4.39 Å². The smallest absolute Gasteiger partial charge is 0.310 e. The van der Waals surface area contributed by atoms with E-state index in [0.29, 0.717) is 17.7 Å². The molecule has 6 nitrogen and oxygen atoms in total. The second-order valence-corrected chi connectivity index (χ2v) is 11.0. The third kappa shape index (κ3) is 6.62. The van der Waals surface area contributed by atoms with Crippen molar-refractivity contribution < 1.29 is 28.5 Å². The molecule has 8 heteroatoms. The van der Waals surface area contributed by atoms with Crippen molar-refractivity contribution in [2.24, 2.45) is 0 Å². The molecule has 2 N–H and O–H groups in total. The summed E-state index contributed by atoms with van der Waals surface area (Å²) in [5.41, 5.74) is 5.37. The van der Waals surface area contributed by atoms with E-state index in [1.165, 1.54) is 18.2 Å². The third-order valence-electron chi connectivity index (χ3n) is 5.67. The van der Waals surface area contributed by atoms with Crippen LogP contribution in [0.2, 0.25) is 0 Å². The second kappa shape index (κ2) is 11.5. The quantitative estimate of drug-likeness (QED) is 0.238. The van der Waals surface area contributed by atoms with Crippen LogP contribution < -0.4 is 0 Å². The zero-order chi connectivity index (χ0) is 26.5. The molecule has 0 spiro atoms. The lowest BCUT2D eigenvalue weighted by atomic mass is 9.87. The summed E-state index contributed by atoms with van der Waals surface area (Å²) in [7, 11) is -4.11. The number of pyridine rings is 1. The van der Waals surface area contributed by atoms with Crippen molar-refractivity contribution in [3.8, 4) is 22.4 Å². The van der Waals surface area contributed by atoms with Gasteiger partial charge in [0.1, 0.15) is 12.2 Å². The number of nitrogens with zero attached hydrogens (tertiary/aromatic N) is 1. The average Bonchev–Trinajstić information content (AvgIpc) is 2.81. The summed E-state index contributed by atoms with van der Waals surface area (Å²) in [5, 5.41) is 8.80. The number of hydrogen-bond acceptors (Lipinski definition) is 4. The minimum atomic E-state index is -4.11. The predicted molar refractivity (Wildman–Crippen MR) is 140 cm³/mol. The Hall–Kier alpha value is -3.41. The predicted octanol–water partition coefficient (Wildman–Crippen LogP) is 6.53. The van der Waals surface area contributed by atoms with Gasteiger partial charge in [0.05, 0.1) is 17.5 Å². The van der Waals surface area contributed by atoms with Gasteiger partial charge in [0.15, 0.2) is 5.78 Å². The number of carboxylic acids is 1. The summed E-state index contributed by atoms with van der Waals surface area (Å²) in [5.74, 6) is -1.55. The first-order chi connectivity index (χ1) is 17.0. The van der Waals surface area contributed by atoms with Crippen molar-refractivity contribution >= 4 is 25.2 Å². The number of hydrogen-bond donors (Lipinski definition) is 2. The molecule has 0 saturated heterocycles. The fourth-order valence-corrected chi connectivity index (χ4v) is 5.22. The first-order valence-corrected chi connectivity index (χ1v) is 13.6. The van der Waals surface area contributed by atoms with Crippen LogP contribution in [0.15, 0.2) is 60.4 Å². The first-order valence-electron chi connectivity index (χ1n) is 11.6.